The topological polar surface area (TPSA) is 32.5 Å². The van der Waals surface area contributed by atoms with E-state index in [2.05, 4.69) is 44.5 Å². The Morgan fingerprint density at radius 1 is 1.32 bits per heavy atom. The summed E-state index contributed by atoms with van der Waals surface area (Å²) in [5, 5.41) is 0. The summed E-state index contributed by atoms with van der Waals surface area (Å²) in [6.45, 7) is 11.3. The van der Waals surface area contributed by atoms with Crippen molar-refractivity contribution in [1.82, 2.24) is 9.80 Å². The fourth-order valence-corrected chi connectivity index (χ4v) is 3.98. The molecule has 1 aliphatic heterocycles. The average Bonchev–Trinajstić information content (AvgIpc) is 3.12. The van der Waals surface area contributed by atoms with E-state index in [1.54, 1.807) is 0 Å². The molecular weight excluding hydrogens is 234 g/mol. The highest BCUT2D eigenvalue weighted by molar-refractivity contribution is 5.07. The first-order valence-corrected chi connectivity index (χ1v) is 8.08. The second kappa shape index (κ2) is 5.71. The maximum absolute atomic E-state index is 6.21. The lowest BCUT2D eigenvalue weighted by Crippen LogP contribution is -2.57. The molecule has 0 radical (unpaired) electrons. The van der Waals surface area contributed by atoms with Gasteiger partial charge in [-0.2, -0.15) is 0 Å². The molecular formula is C16H33N3. The van der Waals surface area contributed by atoms with Crippen molar-refractivity contribution >= 4 is 0 Å². The second-order valence-electron chi connectivity index (χ2n) is 7.47. The van der Waals surface area contributed by atoms with E-state index in [-0.39, 0.29) is 5.54 Å². The third-order valence-corrected chi connectivity index (χ3v) is 5.34. The molecule has 112 valence electrons. The van der Waals surface area contributed by atoms with Crippen molar-refractivity contribution in [2.75, 3.05) is 20.1 Å². The van der Waals surface area contributed by atoms with Crippen LogP contribution in [-0.4, -0.2) is 53.6 Å². The van der Waals surface area contributed by atoms with Gasteiger partial charge in [0, 0.05) is 36.8 Å². The van der Waals surface area contributed by atoms with Gasteiger partial charge in [-0.15, -0.1) is 0 Å². The van der Waals surface area contributed by atoms with Crippen molar-refractivity contribution in [3.8, 4) is 0 Å². The van der Waals surface area contributed by atoms with Crippen molar-refractivity contribution < 1.29 is 0 Å². The maximum Gasteiger partial charge on any atom is 0.0473 e. The molecule has 1 heterocycles. The highest BCUT2D eigenvalue weighted by atomic mass is 15.3. The smallest absolute Gasteiger partial charge is 0.0473 e. The largest absolute Gasteiger partial charge is 0.329 e. The monoisotopic (exact) mass is 267 g/mol. The van der Waals surface area contributed by atoms with Crippen LogP contribution >= 0.6 is 0 Å². The molecule has 0 aromatic heterocycles. The Morgan fingerprint density at radius 2 is 1.95 bits per heavy atom. The van der Waals surface area contributed by atoms with E-state index in [1.807, 2.05) is 0 Å². The maximum atomic E-state index is 6.21. The van der Waals surface area contributed by atoms with Crippen LogP contribution in [-0.2, 0) is 0 Å². The number of nitrogens with zero attached hydrogens (tertiary/aromatic N) is 2. The summed E-state index contributed by atoms with van der Waals surface area (Å²) in [5.74, 6) is 0.755. The van der Waals surface area contributed by atoms with E-state index in [0.29, 0.717) is 12.1 Å². The van der Waals surface area contributed by atoms with Crippen LogP contribution in [0.4, 0.5) is 0 Å². The summed E-state index contributed by atoms with van der Waals surface area (Å²) in [6, 6.07) is 2.18. The minimum atomic E-state index is 0.205. The predicted molar refractivity (Wildman–Crippen MR) is 82.3 cm³/mol. The minimum Gasteiger partial charge on any atom is -0.329 e. The van der Waals surface area contributed by atoms with Crippen LogP contribution in [0.15, 0.2) is 0 Å². The quantitative estimate of drug-likeness (QED) is 0.801. The zero-order valence-corrected chi connectivity index (χ0v) is 13.5. The minimum absolute atomic E-state index is 0.205. The SMILES string of the molecule is CC(C)CC(C)N(C)C1(CN)CC(C)N(C2CC2)C1. The molecule has 0 aromatic carbocycles. The number of nitrogens with two attached hydrogens (primary N) is 1. The fourth-order valence-electron chi connectivity index (χ4n) is 3.98. The average molecular weight is 267 g/mol. The Bertz CT molecular complexity index is 300. The third-order valence-electron chi connectivity index (χ3n) is 5.34. The van der Waals surface area contributed by atoms with Crippen molar-refractivity contribution in [3.05, 3.63) is 0 Å². The van der Waals surface area contributed by atoms with Gasteiger partial charge in [0.2, 0.25) is 0 Å². The zero-order chi connectivity index (χ0) is 14.2. The van der Waals surface area contributed by atoms with Crippen molar-refractivity contribution in [1.29, 1.82) is 0 Å². The molecule has 2 fully saturated rings. The molecule has 0 bridgehead atoms. The molecule has 0 aromatic rings. The molecule has 1 aliphatic carbocycles. The first kappa shape index (κ1) is 15.3. The molecule has 2 N–H and O–H groups in total. The number of hydrogen-bond acceptors (Lipinski definition) is 3. The fraction of sp³-hybridized carbons (Fsp3) is 1.00. The van der Waals surface area contributed by atoms with Gasteiger partial charge >= 0.3 is 0 Å². The Hall–Kier alpha value is -0.120. The van der Waals surface area contributed by atoms with Crippen LogP contribution in [0, 0.1) is 5.92 Å². The van der Waals surface area contributed by atoms with Gasteiger partial charge in [-0.25, -0.2) is 0 Å². The van der Waals surface area contributed by atoms with E-state index in [1.165, 1.54) is 32.2 Å². The second-order valence-corrected chi connectivity index (χ2v) is 7.47. The molecule has 1 saturated heterocycles. The first-order chi connectivity index (χ1) is 8.89. The van der Waals surface area contributed by atoms with Crippen molar-refractivity contribution in [3.63, 3.8) is 0 Å². The van der Waals surface area contributed by atoms with E-state index in [0.717, 1.165) is 18.5 Å². The number of likely N-dealkylation sites (N-methyl/N-ethyl adjacent to an activating group) is 1. The van der Waals surface area contributed by atoms with Gasteiger partial charge in [0.25, 0.3) is 0 Å². The normalized spacial score (nSPS) is 34.4. The summed E-state index contributed by atoms with van der Waals surface area (Å²) >= 11 is 0. The van der Waals surface area contributed by atoms with E-state index >= 15 is 0 Å². The molecule has 1 saturated carbocycles. The van der Waals surface area contributed by atoms with E-state index in [4.69, 9.17) is 5.73 Å². The lowest BCUT2D eigenvalue weighted by molar-refractivity contribution is 0.0786. The van der Waals surface area contributed by atoms with Gasteiger partial charge in [0.1, 0.15) is 0 Å². The van der Waals surface area contributed by atoms with Crippen molar-refractivity contribution in [2.24, 2.45) is 11.7 Å². The first-order valence-electron chi connectivity index (χ1n) is 8.08. The molecule has 3 nitrogen and oxygen atoms in total. The molecule has 2 aliphatic rings. The van der Waals surface area contributed by atoms with Crippen LogP contribution in [0.5, 0.6) is 0 Å². The molecule has 2 rings (SSSR count). The summed E-state index contributed by atoms with van der Waals surface area (Å²) < 4.78 is 0. The highest BCUT2D eigenvalue weighted by Gasteiger charge is 2.49. The van der Waals surface area contributed by atoms with E-state index in [9.17, 15) is 0 Å². The number of likely N-dealkylation sites (tertiary alicyclic amines) is 1. The Kier molecular flexibility index (Phi) is 4.59. The summed E-state index contributed by atoms with van der Waals surface area (Å²) in [6.07, 6.45) is 5.29. The number of hydrogen-bond donors (Lipinski definition) is 1. The lowest BCUT2D eigenvalue weighted by Gasteiger charge is -2.42. The van der Waals surface area contributed by atoms with Gasteiger partial charge < -0.3 is 5.73 Å². The standard InChI is InChI=1S/C16H33N3/c1-12(2)8-13(3)18(5)16(10-17)9-14(4)19(11-16)15-6-7-15/h12-15H,6-11,17H2,1-5H3. The van der Waals surface area contributed by atoms with Gasteiger partial charge in [-0.05, 0) is 52.5 Å². The van der Waals surface area contributed by atoms with Gasteiger partial charge in [0.05, 0.1) is 0 Å². The van der Waals surface area contributed by atoms with Gasteiger partial charge in [-0.1, -0.05) is 13.8 Å². The Balaban J connectivity index is 2.05. The van der Waals surface area contributed by atoms with Crippen LogP contribution in [0.1, 0.15) is 53.4 Å². The predicted octanol–water partition coefficient (Wildman–Crippen LogP) is 2.31. The highest BCUT2D eigenvalue weighted by Crippen LogP contribution is 2.39. The van der Waals surface area contributed by atoms with Crippen LogP contribution in [0.3, 0.4) is 0 Å². The molecule has 0 spiro atoms. The molecule has 19 heavy (non-hydrogen) atoms. The van der Waals surface area contributed by atoms with Gasteiger partial charge in [-0.3, -0.25) is 9.80 Å². The zero-order valence-electron chi connectivity index (χ0n) is 13.5. The lowest BCUT2D eigenvalue weighted by atomic mass is 9.91. The molecule has 3 atom stereocenters. The van der Waals surface area contributed by atoms with Crippen LogP contribution in [0.25, 0.3) is 0 Å². The summed E-state index contributed by atoms with van der Waals surface area (Å²) in [7, 11) is 2.29. The summed E-state index contributed by atoms with van der Waals surface area (Å²) in [5.41, 5.74) is 6.42. The van der Waals surface area contributed by atoms with Crippen LogP contribution in [0.2, 0.25) is 0 Å². The molecule has 0 amide bonds. The number of rotatable bonds is 6. The Morgan fingerprint density at radius 3 is 2.42 bits per heavy atom. The van der Waals surface area contributed by atoms with E-state index < -0.39 is 0 Å². The molecule has 3 unspecified atom stereocenters. The van der Waals surface area contributed by atoms with Crippen LogP contribution < -0.4 is 5.73 Å². The Labute approximate surface area is 119 Å². The summed E-state index contributed by atoms with van der Waals surface area (Å²) in [4.78, 5) is 5.30. The van der Waals surface area contributed by atoms with Gasteiger partial charge in [0.15, 0.2) is 0 Å². The molecule has 3 heteroatoms. The van der Waals surface area contributed by atoms with Crippen molar-refractivity contribution in [2.45, 2.75) is 77.0 Å². The third kappa shape index (κ3) is 3.14.